The van der Waals surface area contributed by atoms with E-state index in [4.69, 9.17) is 0 Å². The van der Waals surface area contributed by atoms with E-state index in [1.165, 1.54) is 101 Å². The number of nitrogens with zero attached hydrogens (tertiary/aromatic N) is 2. The molecule has 8 aromatic rings. The highest BCUT2D eigenvalue weighted by Crippen LogP contribution is 2.56. The van der Waals surface area contributed by atoms with Crippen LogP contribution in [-0.2, 0) is 5.41 Å². The molecular weight excluding hydrogens is 641 g/mol. The van der Waals surface area contributed by atoms with Gasteiger partial charge in [-0.15, -0.1) is 0 Å². The third-order valence-electron chi connectivity index (χ3n) is 11.8. The van der Waals surface area contributed by atoms with Crippen LogP contribution in [0.1, 0.15) is 25.0 Å². The maximum atomic E-state index is 2.47. The van der Waals surface area contributed by atoms with Crippen LogP contribution in [0.5, 0.6) is 0 Å². The topological polar surface area (TPSA) is 6.48 Å². The van der Waals surface area contributed by atoms with Crippen LogP contribution >= 0.6 is 0 Å². The van der Waals surface area contributed by atoms with Crippen molar-refractivity contribution < 1.29 is 0 Å². The van der Waals surface area contributed by atoms with Gasteiger partial charge in [0, 0.05) is 39.0 Å². The Kier molecular flexibility index (Phi) is 6.33. The molecule has 3 aliphatic rings. The van der Waals surface area contributed by atoms with Crippen molar-refractivity contribution in [1.29, 1.82) is 0 Å². The van der Waals surface area contributed by atoms with E-state index in [9.17, 15) is 0 Å². The van der Waals surface area contributed by atoms with Crippen molar-refractivity contribution in [1.82, 2.24) is 0 Å². The van der Waals surface area contributed by atoms with Crippen molar-refractivity contribution in [3.05, 3.63) is 193 Å². The van der Waals surface area contributed by atoms with Crippen LogP contribution in [0.2, 0.25) is 0 Å². The number of fused-ring (bicyclic) bond motifs is 13. The smallest absolute Gasteiger partial charge is 0.0540 e. The Balaban J connectivity index is 1.07. The molecular formula is C51H36N2. The Morgan fingerprint density at radius 1 is 0.283 bits per heavy atom. The molecule has 0 spiro atoms. The predicted octanol–water partition coefficient (Wildman–Crippen LogP) is 14.2. The second kappa shape index (κ2) is 11.2. The van der Waals surface area contributed by atoms with Crippen molar-refractivity contribution >= 4 is 34.1 Å². The first-order valence-electron chi connectivity index (χ1n) is 18.5. The Bertz CT molecular complexity index is 2470. The molecule has 0 saturated heterocycles. The molecule has 0 aromatic heterocycles. The average molecular weight is 677 g/mol. The quantitative estimate of drug-likeness (QED) is 0.180. The van der Waals surface area contributed by atoms with Crippen LogP contribution in [0.25, 0.3) is 55.6 Å². The molecule has 0 amide bonds. The van der Waals surface area contributed by atoms with Gasteiger partial charge in [-0.3, -0.25) is 0 Å². The summed E-state index contributed by atoms with van der Waals surface area (Å²) in [4.78, 5) is 4.94. The van der Waals surface area contributed by atoms with Gasteiger partial charge in [0.05, 0.1) is 22.7 Å². The van der Waals surface area contributed by atoms with Gasteiger partial charge in [0.2, 0.25) is 0 Å². The number of benzene rings is 8. The lowest BCUT2D eigenvalue weighted by Crippen LogP contribution is -2.18. The van der Waals surface area contributed by atoms with Gasteiger partial charge in [-0.25, -0.2) is 0 Å². The summed E-state index contributed by atoms with van der Waals surface area (Å²) >= 11 is 0. The van der Waals surface area contributed by atoms with Crippen LogP contribution in [0.4, 0.5) is 34.1 Å². The third kappa shape index (κ3) is 4.27. The highest BCUT2D eigenvalue weighted by molar-refractivity contribution is 6.04. The van der Waals surface area contributed by atoms with Crippen molar-refractivity contribution in [2.24, 2.45) is 0 Å². The summed E-state index contributed by atoms with van der Waals surface area (Å²) in [7, 11) is 0. The highest BCUT2D eigenvalue weighted by atomic mass is 15.2. The molecule has 0 N–H and O–H groups in total. The van der Waals surface area contributed by atoms with Crippen LogP contribution in [-0.4, -0.2) is 0 Å². The molecule has 0 saturated carbocycles. The molecule has 1 aliphatic carbocycles. The van der Waals surface area contributed by atoms with Crippen molar-refractivity contribution in [2.75, 3.05) is 9.80 Å². The highest BCUT2D eigenvalue weighted by Gasteiger charge is 2.38. The molecule has 0 radical (unpaired) electrons. The van der Waals surface area contributed by atoms with E-state index in [0.29, 0.717) is 0 Å². The zero-order valence-electron chi connectivity index (χ0n) is 29.7. The van der Waals surface area contributed by atoms with E-state index >= 15 is 0 Å². The molecule has 8 aromatic carbocycles. The van der Waals surface area contributed by atoms with Crippen LogP contribution in [0, 0.1) is 0 Å². The van der Waals surface area contributed by atoms with Gasteiger partial charge in [-0.05, 0) is 93.0 Å². The van der Waals surface area contributed by atoms with Crippen LogP contribution in [0.3, 0.4) is 0 Å². The fourth-order valence-electron chi connectivity index (χ4n) is 9.30. The monoisotopic (exact) mass is 676 g/mol. The number of anilines is 6. The first-order chi connectivity index (χ1) is 26.1. The van der Waals surface area contributed by atoms with Gasteiger partial charge in [-0.2, -0.15) is 0 Å². The molecule has 0 atom stereocenters. The molecule has 2 heterocycles. The van der Waals surface area contributed by atoms with E-state index in [0.717, 1.165) is 0 Å². The molecule has 2 aliphatic heterocycles. The largest absolute Gasteiger partial charge is 0.309 e. The Hall–Kier alpha value is -6.64. The van der Waals surface area contributed by atoms with E-state index in [1.807, 2.05) is 0 Å². The van der Waals surface area contributed by atoms with E-state index in [2.05, 4.69) is 206 Å². The molecule has 2 heteroatoms. The molecule has 11 rings (SSSR count). The molecule has 0 fully saturated rings. The van der Waals surface area contributed by atoms with Gasteiger partial charge in [-0.1, -0.05) is 147 Å². The summed E-state index contributed by atoms with van der Waals surface area (Å²) in [5.41, 5.74) is 22.2. The third-order valence-corrected chi connectivity index (χ3v) is 11.8. The fraction of sp³-hybridized carbons (Fsp3) is 0.0588. The first kappa shape index (κ1) is 30.0. The molecule has 250 valence electrons. The predicted molar refractivity (Wildman–Crippen MR) is 222 cm³/mol. The minimum atomic E-state index is -0.224. The average Bonchev–Trinajstić information content (AvgIpc) is 3.30. The minimum absolute atomic E-state index is 0.224. The standard InChI is InChI=1S/C51H36N2/c1-51(2)45-31-33(52-47-23-11-7-19-41(47)35-15-3-4-16-36(35)42-20-8-12-24-48(42)52)27-29-39(45)40-30-28-34(32-46(40)51)53-49-25-13-9-21-43(49)37-17-5-6-18-38(37)44-22-10-14-26-50(44)53/h3-32H,1-2H3. The molecule has 0 unspecified atom stereocenters. The van der Waals surface area contributed by atoms with Crippen molar-refractivity contribution in [3.63, 3.8) is 0 Å². The summed E-state index contributed by atoms with van der Waals surface area (Å²) in [6, 6.07) is 67.3. The summed E-state index contributed by atoms with van der Waals surface area (Å²) in [6.45, 7) is 4.79. The Labute approximate surface area is 310 Å². The number of hydrogen-bond donors (Lipinski definition) is 0. The number of rotatable bonds is 2. The van der Waals surface area contributed by atoms with Crippen LogP contribution in [0.15, 0.2) is 182 Å². The SMILES string of the molecule is CC1(C)c2cc(N3c4ccccc4-c4ccccc4-c4ccccc43)ccc2-c2ccc(N3c4ccccc4-c4ccccc4-c4ccccc43)cc21. The maximum Gasteiger partial charge on any atom is 0.0540 e. The molecule has 53 heavy (non-hydrogen) atoms. The zero-order valence-corrected chi connectivity index (χ0v) is 29.7. The fourth-order valence-corrected chi connectivity index (χ4v) is 9.30. The minimum Gasteiger partial charge on any atom is -0.309 e. The summed E-state index contributed by atoms with van der Waals surface area (Å²) in [5, 5.41) is 0. The van der Waals surface area contributed by atoms with E-state index in [1.54, 1.807) is 0 Å². The Morgan fingerprint density at radius 3 is 0.849 bits per heavy atom. The van der Waals surface area contributed by atoms with Crippen molar-refractivity contribution in [3.8, 4) is 55.6 Å². The summed E-state index contributed by atoms with van der Waals surface area (Å²) < 4.78 is 0. The van der Waals surface area contributed by atoms with Gasteiger partial charge >= 0.3 is 0 Å². The summed E-state index contributed by atoms with van der Waals surface area (Å²) in [6.07, 6.45) is 0. The van der Waals surface area contributed by atoms with Gasteiger partial charge in [0.1, 0.15) is 0 Å². The summed E-state index contributed by atoms with van der Waals surface area (Å²) in [5.74, 6) is 0. The second-order valence-corrected chi connectivity index (χ2v) is 14.9. The van der Waals surface area contributed by atoms with Gasteiger partial charge < -0.3 is 9.80 Å². The van der Waals surface area contributed by atoms with E-state index in [-0.39, 0.29) is 5.41 Å². The van der Waals surface area contributed by atoms with Crippen molar-refractivity contribution in [2.45, 2.75) is 19.3 Å². The zero-order chi connectivity index (χ0) is 35.3. The Morgan fingerprint density at radius 2 is 0.547 bits per heavy atom. The lowest BCUT2D eigenvalue weighted by molar-refractivity contribution is 0.660. The van der Waals surface area contributed by atoms with Crippen LogP contribution < -0.4 is 9.80 Å². The molecule has 2 nitrogen and oxygen atoms in total. The maximum absolute atomic E-state index is 2.47. The lowest BCUT2D eigenvalue weighted by Gasteiger charge is -2.30. The van der Waals surface area contributed by atoms with Gasteiger partial charge in [0.25, 0.3) is 0 Å². The van der Waals surface area contributed by atoms with E-state index < -0.39 is 0 Å². The van der Waals surface area contributed by atoms with Gasteiger partial charge in [0.15, 0.2) is 0 Å². The number of hydrogen-bond acceptors (Lipinski definition) is 2. The first-order valence-corrected chi connectivity index (χ1v) is 18.5. The number of para-hydroxylation sites is 4. The second-order valence-electron chi connectivity index (χ2n) is 14.9. The molecule has 0 bridgehead atoms. The lowest BCUT2D eigenvalue weighted by atomic mass is 9.82. The normalized spacial score (nSPS) is 13.9.